The van der Waals surface area contributed by atoms with Crippen LogP contribution in [0.3, 0.4) is 0 Å². The minimum Gasteiger partial charge on any atom is -0.496 e. The lowest BCUT2D eigenvalue weighted by Crippen LogP contribution is -2.49. The number of ether oxygens (including phenoxy) is 1. The first-order chi connectivity index (χ1) is 13.1. The van der Waals surface area contributed by atoms with Crippen LogP contribution in [0, 0.1) is 6.92 Å². The number of hydrogen-bond donors (Lipinski definition) is 0. The summed E-state index contributed by atoms with van der Waals surface area (Å²) < 4.78 is 5.26. The number of Topliss-reactive ketones (excluding diaryl/α,β-unsaturated/α-hetero) is 1. The van der Waals surface area contributed by atoms with Gasteiger partial charge in [-0.2, -0.15) is 0 Å². The standard InChI is InChI=1S/C20H24N4O3/c1-15-4-6-18(27-2)16(14-15)17(25)5-7-19(26)23-10-12-24(13-11-23)20-21-8-3-9-22-20/h3-4,6,8-9,14H,5,7,10-13H2,1-2H3. The molecule has 1 aliphatic heterocycles. The molecule has 0 bridgehead atoms. The molecule has 1 aromatic heterocycles. The molecule has 142 valence electrons. The van der Waals surface area contributed by atoms with Crippen molar-refractivity contribution in [3.63, 3.8) is 0 Å². The number of amides is 1. The normalized spacial score (nSPS) is 14.1. The minimum atomic E-state index is -0.0692. The van der Waals surface area contributed by atoms with Gasteiger partial charge in [0.05, 0.1) is 12.7 Å². The molecule has 3 rings (SSSR count). The number of rotatable bonds is 6. The van der Waals surface area contributed by atoms with Gasteiger partial charge in [0.1, 0.15) is 5.75 Å². The first kappa shape index (κ1) is 18.8. The lowest BCUT2D eigenvalue weighted by molar-refractivity contribution is -0.131. The van der Waals surface area contributed by atoms with Crippen LogP contribution in [0.1, 0.15) is 28.8 Å². The van der Waals surface area contributed by atoms with Crippen molar-refractivity contribution in [3.05, 3.63) is 47.8 Å². The molecule has 0 unspecified atom stereocenters. The third-order valence-corrected chi connectivity index (χ3v) is 4.69. The number of nitrogens with zero attached hydrogens (tertiary/aromatic N) is 4. The Balaban J connectivity index is 1.52. The molecule has 2 heterocycles. The zero-order chi connectivity index (χ0) is 19.2. The molecule has 1 aromatic carbocycles. The maximum absolute atomic E-state index is 12.5. The zero-order valence-corrected chi connectivity index (χ0v) is 15.7. The Bertz CT molecular complexity index is 802. The Labute approximate surface area is 159 Å². The van der Waals surface area contributed by atoms with Crippen LogP contribution in [-0.2, 0) is 4.79 Å². The minimum absolute atomic E-state index is 0.00333. The van der Waals surface area contributed by atoms with Crippen LogP contribution in [0.5, 0.6) is 5.75 Å². The van der Waals surface area contributed by atoms with Gasteiger partial charge in [-0.25, -0.2) is 9.97 Å². The van der Waals surface area contributed by atoms with Crippen molar-refractivity contribution in [2.75, 3.05) is 38.2 Å². The molecule has 27 heavy (non-hydrogen) atoms. The first-order valence-corrected chi connectivity index (χ1v) is 9.06. The average Bonchev–Trinajstić information content (AvgIpc) is 2.72. The van der Waals surface area contributed by atoms with Gasteiger partial charge in [0.25, 0.3) is 0 Å². The Morgan fingerprint density at radius 2 is 1.78 bits per heavy atom. The number of benzene rings is 1. The van der Waals surface area contributed by atoms with E-state index in [-0.39, 0.29) is 24.5 Å². The number of aryl methyl sites for hydroxylation is 1. The number of aromatic nitrogens is 2. The Kier molecular flexibility index (Phi) is 6.01. The van der Waals surface area contributed by atoms with E-state index in [0.717, 1.165) is 5.56 Å². The van der Waals surface area contributed by atoms with Crippen LogP contribution in [0.15, 0.2) is 36.7 Å². The summed E-state index contributed by atoms with van der Waals surface area (Å²) in [5, 5.41) is 0. The van der Waals surface area contributed by atoms with Gasteiger partial charge >= 0.3 is 0 Å². The second kappa shape index (κ2) is 8.62. The fourth-order valence-corrected chi connectivity index (χ4v) is 3.16. The Morgan fingerprint density at radius 1 is 1.07 bits per heavy atom. The number of piperazine rings is 1. The second-order valence-corrected chi connectivity index (χ2v) is 6.54. The van der Waals surface area contributed by atoms with E-state index in [9.17, 15) is 9.59 Å². The number of methoxy groups -OCH3 is 1. The number of ketones is 1. The Hall–Kier alpha value is -2.96. The molecule has 0 radical (unpaired) electrons. The highest BCUT2D eigenvalue weighted by Gasteiger charge is 2.23. The van der Waals surface area contributed by atoms with Crippen molar-refractivity contribution < 1.29 is 14.3 Å². The molecule has 0 N–H and O–H groups in total. The zero-order valence-electron chi connectivity index (χ0n) is 15.7. The molecule has 0 aliphatic carbocycles. The maximum Gasteiger partial charge on any atom is 0.225 e. The molecule has 1 fully saturated rings. The van der Waals surface area contributed by atoms with E-state index in [4.69, 9.17) is 4.74 Å². The largest absolute Gasteiger partial charge is 0.496 e. The van der Waals surface area contributed by atoms with Crippen LogP contribution in [0.25, 0.3) is 0 Å². The van der Waals surface area contributed by atoms with Crippen LogP contribution >= 0.6 is 0 Å². The van der Waals surface area contributed by atoms with Crippen LogP contribution < -0.4 is 9.64 Å². The van der Waals surface area contributed by atoms with Crippen molar-refractivity contribution in [3.8, 4) is 5.75 Å². The van der Waals surface area contributed by atoms with Gasteiger partial charge in [-0.3, -0.25) is 9.59 Å². The molecular weight excluding hydrogens is 344 g/mol. The van der Waals surface area contributed by atoms with Crippen LogP contribution in [0.2, 0.25) is 0 Å². The van der Waals surface area contributed by atoms with Crippen LogP contribution in [-0.4, -0.2) is 59.8 Å². The lowest BCUT2D eigenvalue weighted by Gasteiger charge is -2.34. The van der Waals surface area contributed by atoms with E-state index in [1.165, 1.54) is 0 Å². The topological polar surface area (TPSA) is 75.6 Å². The van der Waals surface area contributed by atoms with Gasteiger partial charge in [-0.1, -0.05) is 11.6 Å². The van der Waals surface area contributed by atoms with Gasteiger partial charge in [-0.15, -0.1) is 0 Å². The van der Waals surface area contributed by atoms with Gasteiger partial charge in [0.2, 0.25) is 11.9 Å². The molecule has 0 saturated carbocycles. The molecule has 1 amide bonds. The molecule has 0 atom stereocenters. The summed E-state index contributed by atoms with van der Waals surface area (Å²) in [5.41, 5.74) is 1.53. The fourth-order valence-electron chi connectivity index (χ4n) is 3.16. The number of anilines is 1. The number of hydrogen-bond acceptors (Lipinski definition) is 6. The predicted molar refractivity (Wildman–Crippen MR) is 102 cm³/mol. The summed E-state index contributed by atoms with van der Waals surface area (Å²) in [7, 11) is 1.54. The highest BCUT2D eigenvalue weighted by Crippen LogP contribution is 2.22. The Morgan fingerprint density at radius 3 is 2.44 bits per heavy atom. The average molecular weight is 368 g/mol. The van der Waals surface area contributed by atoms with Crippen molar-refractivity contribution in [2.24, 2.45) is 0 Å². The molecular formula is C20H24N4O3. The molecule has 2 aromatic rings. The van der Waals surface area contributed by atoms with E-state index in [0.29, 0.717) is 43.4 Å². The summed E-state index contributed by atoms with van der Waals surface area (Å²) in [4.78, 5) is 37.4. The molecule has 7 nitrogen and oxygen atoms in total. The van der Waals surface area contributed by atoms with Gasteiger partial charge < -0.3 is 14.5 Å². The highest BCUT2D eigenvalue weighted by molar-refractivity contribution is 6.00. The van der Waals surface area contributed by atoms with Crippen LogP contribution in [0.4, 0.5) is 5.95 Å². The summed E-state index contributed by atoms with van der Waals surface area (Å²) in [5.74, 6) is 1.17. The van der Waals surface area contributed by atoms with E-state index in [1.807, 2.05) is 19.1 Å². The monoisotopic (exact) mass is 368 g/mol. The van der Waals surface area contributed by atoms with Gasteiger partial charge in [-0.05, 0) is 25.1 Å². The van der Waals surface area contributed by atoms with E-state index in [2.05, 4.69) is 14.9 Å². The van der Waals surface area contributed by atoms with Gasteiger partial charge in [0.15, 0.2) is 5.78 Å². The fraction of sp³-hybridized carbons (Fsp3) is 0.400. The quantitative estimate of drug-likeness (QED) is 0.727. The molecule has 1 saturated heterocycles. The summed E-state index contributed by atoms with van der Waals surface area (Å²) >= 11 is 0. The molecule has 1 aliphatic rings. The predicted octanol–water partition coefficient (Wildman–Crippen LogP) is 2.11. The first-order valence-electron chi connectivity index (χ1n) is 9.06. The molecule has 7 heteroatoms. The summed E-state index contributed by atoms with van der Waals surface area (Å²) in [6.07, 6.45) is 3.81. The second-order valence-electron chi connectivity index (χ2n) is 6.54. The third kappa shape index (κ3) is 4.61. The van der Waals surface area contributed by atoms with Crippen molar-refractivity contribution in [1.82, 2.24) is 14.9 Å². The molecule has 0 spiro atoms. The van der Waals surface area contributed by atoms with Crippen molar-refractivity contribution >= 4 is 17.6 Å². The van der Waals surface area contributed by atoms with E-state index < -0.39 is 0 Å². The highest BCUT2D eigenvalue weighted by atomic mass is 16.5. The lowest BCUT2D eigenvalue weighted by atomic mass is 10.0. The van der Waals surface area contributed by atoms with Gasteiger partial charge in [0, 0.05) is 51.4 Å². The van der Waals surface area contributed by atoms with Crippen molar-refractivity contribution in [2.45, 2.75) is 19.8 Å². The maximum atomic E-state index is 12.5. The number of carbonyl (C=O) groups is 2. The van der Waals surface area contributed by atoms with Crippen molar-refractivity contribution in [1.29, 1.82) is 0 Å². The smallest absolute Gasteiger partial charge is 0.225 e. The van der Waals surface area contributed by atoms with E-state index in [1.54, 1.807) is 36.5 Å². The SMILES string of the molecule is COc1ccc(C)cc1C(=O)CCC(=O)N1CCN(c2ncccn2)CC1. The third-order valence-electron chi connectivity index (χ3n) is 4.69. The van der Waals surface area contributed by atoms with E-state index >= 15 is 0 Å². The summed E-state index contributed by atoms with van der Waals surface area (Å²) in [6, 6.07) is 7.28. The number of carbonyl (C=O) groups excluding carboxylic acids is 2. The summed E-state index contributed by atoms with van der Waals surface area (Å²) in [6.45, 7) is 4.53.